The minimum atomic E-state index is -0.661. The van der Waals surface area contributed by atoms with Gasteiger partial charge in [-0.25, -0.2) is 0 Å². The van der Waals surface area contributed by atoms with Crippen LogP contribution in [0, 0.1) is 27.2 Å². The molecule has 0 bridgehead atoms. The number of non-ortho nitro benzene ring substituents is 1. The van der Waals surface area contributed by atoms with Gasteiger partial charge in [-0.15, -0.1) is 0 Å². The fourth-order valence-electron chi connectivity index (χ4n) is 2.70. The summed E-state index contributed by atoms with van der Waals surface area (Å²) in [7, 11) is 0. The second kappa shape index (κ2) is 9.42. The number of nitrogens with zero attached hydrogens (tertiary/aromatic N) is 4. The quantitative estimate of drug-likeness (QED) is 0.300. The van der Waals surface area contributed by atoms with Crippen LogP contribution in [0.4, 0.5) is 11.4 Å². The summed E-state index contributed by atoms with van der Waals surface area (Å²) in [4.78, 5) is 48.7. The Labute approximate surface area is 179 Å². The van der Waals surface area contributed by atoms with Crippen molar-refractivity contribution in [2.45, 2.75) is 6.92 Å². The van der Waals surface area contributed by atoms with E-state index >= 15 is 0 Å². The Morgan fingerprint density at radius 1 is 0.969 bits per heavy atom. The van der Waals surface area contributed by atoms with Crippen LogP contribution >= 0.6 is 0 Å². The Kier molecular flexibility index (Phi) is 6.48. The lowest BCUT2D eigenvalue weighted by Crippen LogP contribution is -2.34. The summed E-state index contributed by atoms with van der Waals surface area (Å²) in [5, 5.41) is 30.3. The summed E-state index contributed by atoms with van der Waals surface area (Å²) in [6.45, 7) is 1.68. The molecule has 1 aromatic heterocycles. The first-order valence-electron chi connectivity index (χ1n) is 9.16. The Balaban J connectivity index is 1.50. The maximum Gasteiger partial charge on any atom is 0.316 e. The number of benzene rings is 2. The van der Waals surface area contributed by atoms with Crippen molar-refractivity contribution in [3.05, 3.63) is 79.7 Å². The SMILES string of the molecule is Cc1cc(C(=O)NCCNC(=O)c2nc(-c3ccc([N+](=O)[O-])cc3)no2)ccc1[N+](=O)[O-]. The fourth-order valence-corrected chi connectivity index (χ4v) is 2.70. The van der Waals surface area contributed by atoms with Gasteiger partial charge in [0.05, 0.1) is 9.85 Å². The smallest absolute Gasteiger partial charge is 0.316 e. The molecule has 0 aliphatic heterocycles. The van der Waals surface area contributed by atoms with E-state index in [1.54, 1.807) is 0 Å². The van der Waals surface area contributed by atoms with Crippen LogP contribution in [0.5, 0.6) is 0 Å². The average molecular weight is 440 g/mol. The third kappa shape index (κ3) is 5.08. The average Bonchev–Trinajstić information content (AvgIpc) is 3.26. The van der Waals surface area contributed by atoms with Gasteiger partial charge in [-0.05, 0) is 31.2 Å². The lowest BCUT2D eigenvalue weighted by atomic mass is 10.1. The van der Waals surface area contributed by atoms with E-state index in [9.17, 15) is 29.8 Å². The Morgan fingerprint density at radius 2 is 1.62 bits per heavy atom. The van der Waals surface area contributed by atoms with Crippen molar-refractivity contribution in [2.24, 2.45) is 0 Å². The standard InChI is InChI=1S/C19H16N6O7/c1-11-10-13(4-7-15(11)25(30)31)17(26)20-8-9-21-18(27)19-22-16(23-32-19)12-2-5-14(6-3-12)24(28)29/h2-7,10H,8-9H2,1H3,(H,20,26)(H,21,27). The molecule has 2 aromatic carbocycles. The van der Waals surface area contributed by atoms with Crippen LogP contribution in [-0.2, 0) is 0 Å². The summed E-state index contributed by atoms with van der Waals surface area (Å²) in [5.74, 6) is -1.33. The molecule has 0 atom stereocenters. The highest BCUT2D eigenvalue weighted by atomic mass is 16.6. The van der Waals surface area contributed by atoms with Gasteiger partial charge in [-0.1, -0.05) is 5.16 Å². The maximum atomic E-state index is 12.1. The molecule has 0 saturated heterocycles. The van der Waals surface area contributed by atoms with Gasteiger partial charge < -0.3 is 15.2 Å². The molecule has 2 N–H and O–H groups in total. The summed E-state index contributed by atoms with van der Waals surface area (Å²) >= 11 is 0. The van der Waals surface area contributed by atoms with Gasteiger partial charge in [-0.3, -0.25) is 29.8 Å². The molecule has 13 nitrogen and oxygen atoms in total. The predicted octanol–water partition coefficient (Wildman–Crippen LogP) is 2.02. The number of rotatable bonds is 8. The number of nitro groups is 2. The largest absolute Gasteiger partial charge is 0.350 e. The van der Waals surface area contributed by atoms with Gasteiger partial charge in [0.1, 0.15) is 0 Å². The number of carbonyl (C=O) groups excluding carboxylic acids is 2. The topological polar surface area (TPSA) is 183 Å². The van der Waals surface area contributed by atoms with Crippen LogP contribution in [-0.4, -0.2) is 44.9 Å². The molecule has 3 rings (SSSR count). The minimum absolute atomic E-state index is 0.0613. The van der Waals surface area contributed by atoms with Crippen LogP contribution in [0.25, 0.3) is 11.4 Å². The molecule has 164 valence electrons. The van der Waals surface area contributed by atoms with E-state index in [2.05, 4.69) is 20.8 Å². The lowest BCUT2D eigenvalue weighted by molar-refractivity contribution is -0.385. The van der Waals surface area contributed by atoms with Crippen LogP contribution in [0.2, 0.25) is 0 Å². The van der Waals surface area contributed by atoms with E-state index in [-0.39, 0.29) is 41.7 Å². The first-order valence-corrected chi connectivity index (χ1v) is 9.16. The highest BCUT2D eigenvalue weighted by Gasteiger charge is 2.17. The predicted molar refractivity (Wildman–Crippen MR) is 109 cm³/mol. The van der Waals surface area contributed by atoms with E-state index in [0.29, 0.717) is 11.1 Å². The molecule has 0 radical (unpaired) electrons. The van der Waals surface area contributed by atoms with Gasteiger partial charge in [0.15, 0.2) is 0 Å². The Hall–Kier alpha value is -4.68. The zero-order valence-corrected chi connectivity index (χ0v) is 16.6. The van der Waals surface area contributed by atoms with Crippen LogP contribution in [0.1, 0.15) is 26.6 Å². The maximum absolute atomic E-state index is 12.1. The zero-order valence-electron chi connectivity index (χ0n) is 16.6. The van der Waals surface area contributed by atoms with Crippen molar-refractivity contribution in [1.82, 2.24) is 20.8 Å². The number of hydrogen-bond acceptors (Lipinski definition) is 9. The number of aromatic nitrogens is 2. The second-order valence-electron chi connectivity index (χ2n) is 6.50. The van der Waals surface area contributed by atoms with Crippen LogP contribution < -0.4 is 10.6 Å². The monoisotopic (exact) mass is 440 g/mol. The lowest BCUT2D eigenvalue weighted by Gasteiger charge is -2.06. The van der Waals surface area contributed by atoms with Gasteiger partial charge in [0.25, 0.3) is 17.3 Å². The van der Waals surface area contributed by atoms with Crippen molar-refractivity contribution < 1.29 is 24.0 Å². The van der Waals surface area contributed by atoms with E-state index in [1.807, 2.05) is 0 Å². The molecule has 0 aliphatic carbocycles. The van der Waals surface area contributed by atoms with Gasteiger partial charge in [0.2, 0.25) is 5.82 Å². The highest BCUT2D eigenvalue weighted by molar-refractivity contribution is 5.94. The minimum Gasteiger partial charge on any atom is -0.350 e. The van der Waals surface area contributed by atoms with Gasteiger partial charge >= 0.3 is 11.8 Å². The molecular weight excluding hydrogens is 424 g/mol. The molecule has 2 amide bonds. The molecule has 3 aromatic rings. The summed E-state index contributed by atoms with van der Waals surface area (Å²) in [6, 6.07) is 9.42. The molecule has 0 unspecified atom stereocenters. The van der Waals surface area contributed by atoms with Crippen LogP contribution in [0.15, 0.2) is 47.0 Å². The van der Waals surface area contributed by atoms with E-state index in [1.165, 1.54) is 49.4 Å². The Bertz CT molecular complexity index is 1190. The summed E-state index contributed by atoms with van der Waals surface area (Å²) in [5.41, 5.74) is 0.868. The first-order chi connectivity index (χ1) is 15.3. The Morgan fingerprint density at radius 3 is 2.22 bits per heavy atom. The molecule has 0 saturated carbocycles. The number of amides is 2. The van der Waals surface area contributed by atoms with Crippen molar-refractivity contribution in [1.29, 1.82) is 0 Å². The normalized spacial score (nSPS) is 10.4. The molecule has 1 heterocycles. The van der Waals surface area contributed by atoms with E-state index in [4.69, 9.17) is 4.52 Å². The van der Waals surface area contributed by atoms with E-state index < -0.39 is 21.7 Å². The number of nitro benzene ring substituents is 2. The summed E-state index contributed by atoms with van der Waals surface area (Å²) < 4.78 is 4.90. The molecule has 32 heavy (non-hydrogen) atoms. The number of hydrogen-bond donors (Lipinski definition) is 2. The van der Waals surface area contributed by atoms with Gasteiger partial charge in [0, 0.05) is 48.0 Å². The second-order valence-corrected chi connectivity index (χ2v) is 6.50. The zero-order chi connectivity index (χ0) is 23.3. The molecule has 0 fully saturated rings. The summed E-state index contributed by atoms with van der Waals surface area (Å²) in [6.07, 6.45) is 0. The molecule has 0 spiro atoms. The van der Waals surface area contributed by atoms with Crippen molar-refractivity contribution in [3.8, 4) is 11.4 Å². The molecule has 0 aliphatic rings. The van der Waals surface area contributed by atoms with Crippen molar-refractivity contribution >= 4 is 23.2 Å². The van der Waals surface area contributed by atoms with Crippen LogP contribution in [0.3, 0.4) is 0 Å². The number of nitrogens with one attached hydrogen (secondary N) is 2. The highest BCUT2D eigenvalue weighted by Crippen LogP contribution is 2.20. The third-order valence-corrected chi connectivity index (χ3v) is 4.31. The number of aryl methyl sites for hydroxylation is 1. The van der Waals surface area contributed by atoms with Crippen molar-refractivity contribution in [2.75, 3.05) is 13.1 Å². The molecular formula is C19H16N6O7. The number of carbonyl (C=O) groups is 2. The van der Waals surface area contributed by atoms with Crippen molar-refractivity contribution in [3.63, 3.8) is 0 Å². The fraction of sp³-hybridized carbons (Fsp3) is 0.158. The van der Waals surface area contributed by atoms with Gasteiger partial charge in [-0.2, -0.15) is 4.98 Å². The first kappa shape index (κ1) is 22.0. The van der Waals surface area contributed by atoms with E-state index in [0.717, 1.165) is 0 Å². The third-order valence-electron chi connectivity index (χ3n) is 4.31. The molecule has 13 heteroatoms.